The van der Waals surface area contributed by atoms with Gasteiger partial charge >= 0.3 is 5.97 Å². The first-order valence-electron chi connectivity index (χ1n) is 11.2. The number of amides is 1. The molecule has 2 atom stereocenters. The molecule has 1 fully saturated rings. The van der Waals surface area contributed by atoms with Gasteiger partial charge in [-0.25, -0.2) is 8.42 Å². The van der Waals surface area contributed by atoms with Gasteiger partial charge in [0, 0.05) is 26.2 Å². The topological polar surface area (TPSA) is 102 Å². The van der Waals surface area contributed by atoms with Gasteiger partial charge in [0.05, 0.1) is 4.90 Å². The maximum Gasteiger partial charge on any atom is 0.325 e. The number of esters is 1. The minimum absolute atomic E-state index is 0.0168. The zero-order valence-electron chi connectivity index (χ0n) is 19.2. The smallest absolute Gasteiger partial charge is 0.325 e. The van der Waals surface area contributed by atoms with Gasteiger partial charge in [0.1, 0.15) is 19.3 Å². The lowest BCUT2D eigenvalue weighted by Crippen LogP contribution is -2.44. The average molecular weight is 489 g/mol. The summed E-state index contributed by atoms with van der Waals surface area (Å²) in [7, 11) is -2.35. The molecule has 10 heteroatoms. The molecule has 9 nitrogen and oxygen atoms in total. The van der Waals surface area contributed by atoms with Crippen LogP contribution in [0.5, 0.6) is 11.5 Å². The Labute approximate surface area is 199 Å². The monoisotopic (exact) mass is 488 g/mol. The van der Waals surface area contributed by atoms with Gasteiger partial charge in [-0.15, -0.1) is 0 Å². The normalized spacial score (nSPS) is 18.8. The second-order valence-electron chi connectivity index (χ2n) is 8.34. The van der Waals surface area contributed by atoms with Gasteiger partial charge in [-0.05, 0) is 37.5 Å². The van der Waals surface area contributed by atoms with E-state index in [1.807, 2.05) is 30.3 Å². The summed E-state index contributed by atoms with van der Waals surface area (Å²) in [6.45, 7) is 2.79. The van der Waals surface area contributed by atoms with Crippen LogP contribution in [0.15, 0.2) is 53.4 Å². The van der Waals surface area contributed by atoms with Crippen LogP contribution in [0.4, 0.5) is 0 Å². The van der Waals surface area contributed by atoms with Crippen molar-refractivity contribution in [2.45, 2.75) is 43.4 Å². The van der Waals surface area contributed by atoms with Crippen molar-refractivity contribution in [3.63, 3.8) is 0 Å². The van der Waals surface area contributed by atoms with Crippen molar-refractivity contribution in [3.8, 4) is 11.5 Å². The van der Waals surface area contributed by atoms with Crippen LogP contribution < -0.4 is 9.47 Å². The Morgan fingerprint density at radius 3 is 2.56 bits per heavy atom. The Hall–Kier alpha value is -3.11. The fourth-order valence-corrected chi connectivity index (χ4v) is 5.79. The van der Waals surface area contributed by atoms with Gasteiger partial charge in [-0.3, -0.25) is 9.59 Å². The van der Waals surface area contributed by atoms with E-state index in [4.69, 9.17) is 14.2 Å². The molecule has 1 amide bonds. The molecule has 0 aliphatic carbocycles. The maximum absolute atomic E-state index is 13.3. The first kappa shape index (κ1) is 24.0. The lowest BCUT2D eigenvalue weighted by molar-refractivity contribution is -0.161. The summed E-state index contributed by atoms with van der Waals surface area (Å²) in [5, 5.41) is 0. The summed E-state index contributed by atoms with van der Waals surface area (Å²) in [6, 6.07) is 12.9. The van der Waals surface area contributed by atoms with Gasteiger partial charge in [0.2, 0.25) is 10.0 Å². The lowest BCUT2D eigenvalue weighted by atomic mass is 10.2. The molecule has 2 aliphatic heterocycles. The van der Waals surface area contributed by atoms with E-state index in [1.54, 1.807) is 13.1 Å². The summed E-state index contributed by atoms with van der Waals surface area (Å²) < 4.78 is 44.1. The second kappa shape index (κ2) is 10.0. The van der Waals surface area contributed by atoms with Crippen molar-refractivity contribution in [2.24, 2.45) is 0 Å². The van der Waals surface area contributed by atoms with E-state index < -0.39 is 28.1 Å². The van der Waals surface area contributed by atoms with Crippen LogP contribution in [0.25, 0.3) is 0 Å². The first-order valence-corrected chi connectivity index (χ1v) is 12.6. The maximum atomic E-state index is 13.3. The molecule has 0 spiro atoms. The number of likely N-dealkylation sites (N-methyl/N-ethyl adjacent to an activating group) is 1. The molecule has 4 rings (SSSR count). The molecule has 0 unspecified atom stereocenters. The zero-order chi connectivity index (χ0) is 24.3. The number of sulfonamides is 1. The molecule has 34 heavy (non-hydrogen) atoms. The Balaban J connectivity index is 1.43. The van der Waals surface area contributed by atoms with Crippen LogP contribution in [0.2, 0.25) is 0 Å². The summed E-state index contributed by atoms with van der Waals surface area (Å²) in [5.41, 5.74) is 0.948. The Kier molecular flexibility index (Phi) is 7.08. The molecule has 2 heterocycles. The molecule has 2 aromatic rings. The SMILES string of the molecule is C[C@@H](OC(=O)[C@@H]1CCCN1S(=O)(=O)c1ccc2c(c1)OCCO2)C(=O)N(C)Cc1ccccc1. The zero-order valence-corrected chi connectivity index (χ0v) is 20.0. The van der Waals surface area contributed by atoms with E-state index in [-0.39, 0.29) is 17.3 Å². The van der Waals surface area contributed by atoms with Crippen molar-refractivity contribution >= 4 is 21.9 Å². The molecular weight excluding hydrogens is 460 g/mol. The number of benzene rings is 2. The highest BCUT2D eigenvalue weighted by molar-refractivity contribution is 7.89. The Morgan fingerprint density at radius 1 is 1.12 bits per heavy atom. The highest BCUT2D eigenvalue weighted by Gasteiger charge is 2.41. The summed E-state index contributed by atoms with van der Waals surface area (Å²) in [4.78, 5) is 27.1. The van der Waals surface area contributed by atoms with E-state index in [9.17, 15) is 18.0 Å². The van der Waals surface area contributed by atoms with Crippen LogP contribution in [0, 0.1) is 0 Å². The number of nitrogens with zero attached hydrogens (tertiary/aromatic N) is 2. The quantitative estimate of drug-likeness (QED) is 0.551. The fraction of sp³-hybridized carbons (Fsp3) is 0.417. The van der Waals surface area contributed by atoms with Gasteiger partial charge < -0.3 is 19.1 Å². The van der Waals surface area contributed by atoms with Crippen molar-refractivity contribution in [1.29, 1.82) is 0 Å². The third kappa shape index (κ3) is 5.02. The Morgan fingerprint density at radius 2 is 1.82 bits per heavy atom. The van der Waals surface area contributed by atoms with E-state index >= 15 is 0 Å². The lowest BCUT2D eigenvalue weighted by Gasteiger charge is -2.26. The summed E-state index contributed by atoms with van der Waals surface area (Å²) >= 11 is 0. The number of carbonyl (C=O) groups excluding carboxylic acids is 2. The standard InChI is InChI=1S/C24H28N2O7S/c1-17(23(27)25(2)16-18-7-4-3-5-8-18)33-24(28)20-9-6-12-26(20)34(29,30)19-10-11-21-22(15-19)32-14-13-31-21/h3-5,7-8,10-11,15,17,20H,6,9,12-14,16H2,1-2H3/t17-,20+/m1/s1. The molecule has 0 bridgehead atoms. The fourth-order valence-electron chi connectivity index (χ4n) is 4.13. The summed E-state index contributed by atoms with van der Waals surface area (Å²) in [6.07, 6.45) is -0.205. The average Bonchev–Trinajstić information content (AvgIpc) is 3.35. The number of hydrogen-bond acceptors (Lipinski definition) is 7. The molecule has 0 aromatic heterocycles. The van der Waals surface area contributed by atoms with Gasteiger partial charge in [0.15, 0.2) is 17.6 Å². The number of ether oxygens (including phenoxy) is 3. The molecule has 1 saturated heterocycles. The van der Waals surface area contributed by atoms with E-state index in [0.717, 1.165) is 9.87 Å². The molecule has 2 aliphatic rings. The predicted molar refractivity (Wildman–Crippen MR) is 123 cm³/mol. The molecule has 0 N–H and O–H groups in total. The van der Waals surface area contributed by atoms with Crippen LogP contribution in [-0.2, 0) is 30.9 Å². The van der Waals surface area contributed by atoms with E-state index in [2.05, 4.69) is 0 Å². The molecule has 0 saturated carbocycles. The van der Waals surface area contributed by atoms with Crippen molar-refractivity contribution in [1.82, 2.24) is 9.21 Å². The second-order valence-corrected chi connectivity index (χ2v) is 10.2. The van der Waals surface area contributed by atoms with Crippen molar-refractivity contribution < 1.29 is 32.2 Å². The Bertz CT molecular complexity index is 1150. The molecule has 0 radical (unpaired) electrons. The van der Waals surface area contributed by atoms with Gasteiger partial charge in [-0.1, -0.05) is 30.3 Å². The first-order chi connectivity index (χ1) is 16.3. The van der Waals surface area contributed by atoms with Crippen LogP contribution in [0.3, 0.4) is 0 Å². The minimum Gasteiger partial charge on any atom is -0.486 e. The highest BCUT2D eigenvalue weighted by Crippen LogP contribution is 2.35. The van der Waals surface area contributed by atoms with Gasteiger partial charge in [0.25, 0.3) is 5.91 Å². The third-order valence-electron chi connectivity index (χ3n) is 5.88. The largest absolute Gasteiger partial charge is 0.486 e. The van der Waals surface area contributed by atoms with Gasteiger partial charge in [-0.2, -0.15) is 4.31 Å². The molecule has 182 valence electrons. The number of carbonyl (C=O) groups is 2. The van der Waals surface area contributed by atoms with E-state index in [0.29, 0.717) is 44.1 Å². The predicted octanol–water partition coefficient (Wildman–Crippen LogP) is 2.20. The van der Waals surface area contributed by atoms with Crippen LogP contribution >= 0.6 is 0 Å². The highest BCUT2D eigenvalue weighted by atomic mass is 32.2. The summed E-state index contributed by atoms with van der Waals surface area (Å²) in [5.74, 6) is -0.259. The minimum atomic E-state index is -3.98. The van der Waals surface area contributed by atoms with Crippen molar-refractivity contribution in [2.75, 3.05) is 26.8 Å². The molecule has 2 aromatic carbocycles. The van der Waals surface area contributed by atoms with Crippen molar-refractivity contribution in [3.05, 3.63) is 54.1 Å². The number of hydrogen-bond donors (Lipinski definition) is 0. The van der Waals surface area contributed by atoms with E-state index in [1.165, 1.54) is 24.0 Å². The number of fused-ring (bicyclic) bond motifs is 1. The van der Waals surface area contributed by atoms with Crippen LogP contribution in [-0.4, -0.2) is 68.5 Å². The third-order valence-corrected chi connectivity index (χ3v) is 7.78. The number of rotatable bonds is 7. The van der Waals surface area contributed by atoms with Crippen LogP contribution in [0.1, 0.15) is 25.3 Å². The molecular formula is C24H28N2O7S.